The van der Waals surface area contributed by atoms with Gasteiger partial charge in [0.05, 0.1) is 0 Å². The first-order chi connectivity index (χ1) is 5.57. The van der Waals surface area contributed by atoms with Gasteiger partial charge in [0, 0.05) is 5.54 Å². The molecule has 0 heterocycles. The second kappa shape index (κ2) is 2.66. The Morgan fingerprint density at radius 1 is 1.08 bits per heavy atom. The summed E-state index contributed by atoms with van der Waals surface area (Å²) in [5.41, 5.74) is -0.249. The first-order valence-electron chi connectivity index (χ1n) is 4.43. The maximum absolute atomic E-state index is 9.18. The summed E-state index contributed by atoms with van der Waals surface area (Å²) in [6, 6.07) is 0. The van der Waals surface area contributed by atoms with Gasteiger partial charge in [-0.05, 0) is 31.1 Å². The summed E-state index contributed by atoms with van der Waals surface area (Å²) < 4.78 is 0. The molecule has 0 aromatic rings. The molecule has 0 aromatic carbocycles. The summed E-state index contributed by atoms with van der Waals surface area (Å²) in [6.45, 7) is 0. The summed E-state index contributed by atoms with van der Waals surface area (Å²) in [5.74, 6) is 0.681. The lowest BCUT2D eigenvalue weighted by molar-refractivity contribution is 0.168. The maximum atomic E-state index is 9.18. The maximum Gasteiger partial charge on any atom is 0.496 e. The van der Waals surface area contributed by atoms with Crippen molar-refractivity contribution in [1.29, 1.82) is 0 Å². The van der Waals surface area contributed by atoms with E-state index in [9.17, 15) is 14.4 Å². The van der Waals surface area contributed by atoms with Gasteiger partial charge >= 0.3 is 8.80 Å². The van der Waals surface area contributed by atoms with Crippen LogP contribution in [0.25, 0.3) is 0 Å². The Bertz CT molecular complexity index is 209. The number of hydrogen-bond acceptors (Lipinski definition) is 3. The molecule has 0 amide bonds. The molecule has 3 rings (SSSR count). The molecule has 2 bridgehead atoms. The molecule has 0 aliphatic heterocycles. The molecule has 4 heteroatoms. The molecule has 1 saturated carbocycles. The lowest BCUT2D eigenvalue weighted by Gasteiger charge is -2.39. The Morgan fingerprint density at radius 2 is 1.83 bits per heavy atom. The van der Waals surface area contributed by atoms with Crippen molar-refractivity contribution >= 4 is 8.80 Å². The first kappa shape index (κ1) is 8.44. The predicted molar refractivity (Wildman–Crippen MR) is 46.1 cm³/mol. The van der Waals surface area contributed by atoms with Crippen molar-refractivity contribution in [3.05, 3.63) is 12.2 Å². The second-order valence-corrected chi connectivity index (χ2v) is 6.03. The highest BCUT2D eigenvalue weighted by molar-refractivity contribution is 6.58. The van der Waals surface area contributed by atoms with Gasteiger partial charge in [-0.3, -0.25) is 0 Å². The highest BCUT2D eigenvalue weighted by Gasteiger charge is 2.47. The minimum Gasteiger partial charge on any atom is -0.390 e. The van der Waals surface area contributed by atoms with Crippen LogP contribution in [0.4, 0.5) is 0 Å². The smallest absolute Gasteiger partial charge is 0.390 e. The number of hydrogen-bond donors (Lipinski definition) is 3. The average molecular weight is 186 g/mol. The zero-order chi connectivity index (χ0) is 8.77. The predicted octanol–water partition coefficient (Wildman–Crippen LogP) is 0.258. The molecular weight excluding hydrogens is 172 g/mol. The van der Waals surface area contributed by atoms with Gasteiger partial charge in [-0.2, -0.15) is 0 Å². The summed E-state index contributed by atoms with van der Waals surface area (Å²) in [7, 11) is -3.86. The molecule has 3 unspecified atom stereocenters. The second-order valence-electron chi connectivity index (χ2n) is 3.92. The van der Waals surface area contributed by atoms with Crippen molar-refractivity contribution < 1.29 is 14.4 Å². The fraction of sp³-hybridized carbons (Fsp3) is 0.750. The molecule has 3 aliphatic rings. The van der Waals surface area contributed by atoms with Crippen LogP contribution in [0, 0.1) is 11.8 Å². The van der Waals surface area contributed by atoms with Crippen molar-refractivity contribution in [2.75, 3.05) is 0 Å². The normalized spacial score (nSPS) is 40.4. The van der Waals surface area contributed by atoms with Gasteiger partial charge in [-0.15, -0.1) is 0 Å². The van der Waals surface area contributed by atoms with E-state index in [1.807, 2.05) is 6.08 Å². The van der Waals surface area contributed by atoms with E-state index >= 15 is 0 Å². The molecule has 0 saturated heterocycles. The fourth-order valence-corrected chi connectivity index (χ4v) is 3.85. The van der Waals surface area contributed by atoms with Crippen LogP contribution in [0.15, 0.2) is 12.2 Å². The average Bonchev–Trinajstić information content (AvgIpc) is 2.05. The zero-order valence-corrected chi connectivity index (χ0v) is 7.85. The van der Waals surface area contributed by atoms with Gasteiger partial charge in [-0.1, -0.05) is 12.2 Å². The minimum absolute atomic E-state index is 0.210. The Morgan fingerprint density at radius 3 is 2.08 bits per heavy atom. The number of allylic oxidation sites excluding steroid dienone is 2. The molecule has 0 aromatic heterocycles. The third-order valence-corrected chi connectivity index (χ3v) is 4.73. The molecule has 3 N–H and O–H groups in total. The Labute approximate surface area is 72.7 Å². The Kier molecular flexibility index (Phi) is 1.87. The van der Waals surface area contributed by atoms with Crippen molar-refractivity contribution in [2.45, 2.75) is 24.8 Å². The van der Waals surface area contributed by atoms with Crippen molar-refractivity contribution in [1.82, 2.24) is 0 Å². The van der Waals surface area contributed by atoms with E-state index < -0.39 is 8.80 Å². The van der Waals surface area contributed by atoms with Gasteiger partial charge in [0.25, 0.3) is 0 Å². The van der Waals surface area contributed by atoms with Crippen molar-refractivity contribution in [3.63, 3.8) is 0 Å². The van der Waals surface area contributed by atoms with Gasteiger partial charge in [0.15, 0.2) is 0 Å². The first-order valence-corrected chi connectivity index (χ1v) is 6.34. The SMILES string of the molecule is O[Si](O)(O)C1CC2C=CC1CC2. The van der Waals surface area contributed by atoms with Crippen LogP contribution in [0.2, 0.25) is 5.54 Å². The highest BCUT2D eigenvalue weighted by atomic mass is 28.4. The zero-order valence-electron chi connectivity index (χ0n) is 6.85. The molecular formula is C8H14O3Si. The van der Waals surface area contributed by atoms with E-state index in [0.29, 0.717) is 5.92 Å². The highest BCUT2D eigenvalue weighted by Crippen LogP contribution is 2.46. The summed E-state index contributed by atoms with van der Waals surface area (Å²) in [5, 5.41) is 0. The lowest BCUT2D eigenvalue weighted by atomic mass is 9.76. The molecule has 0 radical (unpaired) electrons. The van der Waals surface area contributed by atoms with E-state index in [0.717, 1.165) is 19.3 Å². The monoisotopic (exact) mass is 186 g/mol. The van der Waals surface area contributed by atoms with E-state index in [1.165, 1.54) is 0 Å². The molecule has 12 heavy (non-hydrogen) atoms. The minimum atomic E-state index is -3.86. The fourth-order valence-electron chi connectivity index (χ4n) is 2.38. The van der Waals surface area contributed by atoms with Crippen LogP contribution in [0.5, 0.6) is 0 Å². The van der Waals surface area contributed by atoms with Crippen LogP contribution in [0.1, 0.15) is 19.3 Å². The Balaban J connectivity index is 2.16. The van der Waals surface area contributed by atoms with E-state index in [2.05, 4.69) is 6.08 Å². The van der Waals surface area contributed by atoms with E-state index in [4.69, 9.17) is 0 Å². The molecule has 68 valence electrons. The van der Waals surface area contributed by atoms with Crippen LogP contribution in [-0.2, 0) is 0 Å². The molecule has 3 aliphatic carbocycles. The van der Waals surface area contributed by atoms with E-state index in [1.54, 1.807) is 0 Å². The quantitative estimate of drug-likeness (QED) is 0.406. The Hall–Kier alpha value is -0.163. The molecule has 1 fully saturated rings. The van der Waals surface area contributed by atoms with E-state index in [-0.39, 0.29) is 11.5 Å². The number of fused-ring (bicyclic) bond motifs is 2. The molecule has 3 atom stereocenters. The summed E-state index contributed by atoms with van der Waals surface area (Å²) in [4.78, 5) is 27.5. The van der Waals surface area contributed by atoms with Crippen LogP contribution in [-0.4, -0.2) is 23.2 Å². The summed E-state index contributed by atoms with van der Waals surface area (Å²) in [6.07, 6.45) is 7.08. The van der Waals surface area contributed by atoms with Crippen LogP contribution < -0.4 is 0 Å². The molecule has 0 spiro atoms. The van der Waals surface area contributed by atoms with Gasteiger partial charge in [0.1, 0.15) is 0 Å². The lowest BCUT2D eigenvalue weighted by Crippen LogP contribution is -2.47. The largest absolute Gasteiger partial charge is 0.496 e. The van der Waals surface area contributed by atoms with Gasteiger partial charge < -0.3 is 14.4 Å². The van der Waals surface area contributed by atoms with Crippen molar-refractivity contribution in [2.24, 2.45) is 11.8 Å². The number of rotatable bonds is 1. The summed E-state index contributed by atoms with van der Waals surface area (Å²) >= 11 is 0. The third-order valence-electron chi connectivity index (χ3n) is 3.07. The standard InChI is InChI=1S/C8H14O3Si/c9-12(10,11)8-5-6-1-3-7(8)4-2-6/h1,3,6-11H,2,4-5H2. The van der Waals surface area contributed by atoms with Crippen LogP contribution in [0.3, 0.4) is 0 Å². The third kappa shape index (κ3) is 1.35. The topological polar surface area (TPSA) is 60.7 Å². The van der Waals surface area contributed by atoms with Crippen molar-refractivity contribution in [3.8, 4) is 0 Å². The van der Waals surface area contributed by atoms with Gasteiger partial charge in [0.2, 0.25) is 0 Å². The van der Waals surface area contributed by atoms with Gasteiger partial charge in [-0.25, -0.2) is 0 Å². The van der Waals surface area contributed by atoms with Crippen LogP contribution >= 0.6 is 0 Å². The molecule has 3 nitrogen and oxygen atoms in total.